The molecule has 0 aromatic heterocycles. The average molecular weight is 404 g/mol. The minimum absolute atomic E-state index is 0.489. The largest absolute Gasteiger partial charge is 0.494 e. The second-order valence-electron chi connectivity index (χ2n) is 6.54. The Morgan fingerprint density at radius 2 is 1.52 bits per heavy atom. The molecular formula is C24H25N3OS. The highest BCUT2D eigenvalue weighted by atomic mass is 32.1. The van der Waals surface area contributed by atoms with Gasteiger partial charge in [-0.05, 0) is 66.0 Å². The average Bonchev–Trinajstić information content (AvgIpc) is 2.78. The Morgan fingerprint density at radius 3 is 2.21 bits per heavy atom. The van der Waals surface area contributed by atoms with Crippen LogP contribution in [0, 0.1) is 0 Å². The molecule has 2 N–H and O–H groups in total. The summed E-state index contributed by atoms with van der Waals surface area (Å²) in [5.74, 6) is 0.864. The smallest absolute Gasteiger partial charge is 0.187 e. The molecule has 0 saturated carbocycles. The fraction of sp³-hybridized carbons (Fsp3) is 0.167. The first-order valence-corrected chi connectivity index (χ1v) is 10.1. The van der Waals surface area contributed by atoms with Crippen LogP contribution in [-0.2, 0) is 13.0 Å². The van der Waals surface area contributed by atoms with Gasteiger partial charge in [0.15, 0.2) is 5.11 Å². The standard InChI is InChI=1S/C24H25N3OS/c29-24(25-18-21-10-5-2-6-11-21)27-26-19-22-13-15-23(16-14-22)28-17-7-12-20-8-3-1-4-9-20/h1-6,8-11,13-16,19H,7,12,17-18H2,(H2,25,27,29)/b26-19-. The minimum atomic E-state index is 0.489. The Labute approximate surface area is 177 Å². The van der Waals surface area contributed by atoms with E-state index in [4.69, 9.17) is 17.0 Å². The summed E-state index contributed by atoms with van der Waals surface area (Å²) in [7, 11) is 0. The predicted molar refractivity (Wildman–Crippen MR) is 123 cm³/mol. The number of ether oxygens (including phenoxy) is 1. The van der Waals surface area contributed by atoms with Crippen LogP contribution in [0.3, 0.4) is 0 Å². The maximum atomic E-state index is 5.81. The number of nitrogens with one attached hydrogen (secondary N) is 2. The monoisotopic (exact) mass is 403 g/mol. The van der Waals surface area contributed by atoms with E-state index in [0.29, 0.717) is 18.3 Å². The van der Waals surface area contributed by atoms with Crippen molar-refractivity contribution in [3.63, 3.8) is 0 Å². The van der Waals surface area contributed by atoms with Crippen molar-refractivity contribution in [3.8, 4) is 5.75 Å². The van der Waals surface area contributed by atoms with E-state index >= 15 is 0 Å². The molecule has 3 rings (SSSR count). The molecule has 0 aliphatic carbocycles. The molecule has 0 bridgehead atoms. The highest BCUT2D eigenvalue weighted by Gasteiger charge is 1.97. The third-order valence-corrected chi connectivity index (χ3v) is 4.51. The zero-order chi connectivity index (χ0) is 20.2. The molecule has 0 atom stereocenters. The summed E-state index contributed by atoms with van der Waals surface area (Å²) in [6, 6.07) is 28.4. The van der Waals surface area contributed by atoms with Crippen LogP contribution in [-0.4, -0.2) is 17.9 Å². The van der Waals surface area contributed by atoms with E-state index in [0.717, 1.165) is 24.2 Å². The van der Waals surface area contributed by atoms with Gasteiger partial charge in [-0.2, -0.15) is 5.10 Å². The molecule has 5 heteroatoms. The van der Waals surface area contributed by atoms with Crippen LogP contribution in [0.25, 0.3) is 0 Å². The summed E-state index contributed by atoms with van der Waals surface area (Å²) in [4.78, 5) is 0. The molecule has 0 unspecified atom stereocenters. The molecule has 0 spiro atoms. The van der Waals surface area contributed by atoms with E-state index in [-0.39, 0.29) is 0 Å². The van der Waals surface area contributed by atoms with Gasteiger partial charge in [-0.25, -0.2) is 0 Å². The van der Waals surface area contributed by atoms with Crippen molar-refractivity contribution >= 4 is 23.5 Å². The van der Waals surface area contributed by atoms with Crippen LogP contribution in [0.15, 0.2) is 90.0 Å². The molecular weight excluding hydrogens is 378 g/mol. The first-order chi connectivity index (χ1) is 14.3. The summed E-state index contributed by atoms with van der Waals surface area (Å²) in [5.41, 5.74) is 6.31. The van der Waals surface area contributed by atoms with Crippen molar-refractivity contribution in [2.45, 2.75) is 19.4 Å². The van der Waals surface area contributed by atoms with Crippen molar-refractivity contribution in [2.75, 3.05) is 6.61 Å². The zero-order valence-corrected chi connectivity index (χ0v) is 17.1. The molecule has 0 radical (unpaired) electrons. The quantitative estimate of drug-likeness (QED) is 0.235. The van der Waals surface area contributed by atoms with E-state index in [1.54, 1.807) is 6.21 Å². The van der Waals surface area contributed by atoms with Gasteiger partial charge in [-0.15, -0.1) is 0 Å². The second-order valence-corrected chi connectivity index (χ2v) is 6.95. The van der Waals surface area contributed by atoms with Crippen LogP contribution in [0.4, 0.5) is 0 Å². The van der Waals surface area contributed by atoms with Gasteiger partial charge in [0.1, 0.15) is 5.75 Å². The van der Waals surface area contributed by atoms with Gasteiger partial charge in [-0.1, -0.05) is 60.7 Å². The normalized spacial score (nSPS) is 10.6. The molecule has 0 fully saturated rings. The van der Waals surface area contributed by atoms with Gasteiger partial charge >= 0.3 is 0 Å². The van der Waals surface area contributed by atoms with Gasteiger partial charge in [0, 0.05) is 6.54 Å². The molecule has 0 aliphatic heterocycles. The van der Waals surface area contributed by atoms with Gasteiger partial charge in [0.25, 0.3) is 0 Å². The lowest BCUT2D eigenvalue weighted by molar-refractivity contribution is 0.311. The third-order valence-electron chi connectivity index (χ3n) is 4.28. The SMILES string of the molecule is S=C(NCc1ccccc1)N/N=C\c1ccc(OCCCc2ccccc2)cc1. The number of aryl methyl sites for hydroxylation is 1. The fourth-order valence-electron chi connectivity index (χ4n) is 2.74. The summed E-state index contributed by atoms with van der Waals surface area (Å²) < 4.78 is 5.81. The Hall–Kier alpha value is -3.18. The van der Waals surface area contributed by atoms with E-state index in [1.807, 2.05) is 60.7 Å². The molecule has 0 saturated heterocycles. The van der Waals surface area contributed by atoms with E-state index < -0.39 is 0 Å². The van der Waals surface area contributed by atoms with Crippen LogP contribution in [0.2, 0.25) is 0 Å². The van der Waals surface area contributed by atoms with Crippen molar-refractivity contribution in [3.05, 3.63) is 102 Å². The fourth-order valence-corrected chi connectivity index (χ4v) is 2.87. The number of benzene rings is 3. The van der Waals surface area contributed by atoms with Crippen molar-refractivity contribution in [2.24, 2.45) is 5.10 Å². The zero-order valence-electron chi connectivity index (χ0n) is 16.3. The molecule has 148 valence electrons. The van der Waals surface area contributed by atoms with Gasteiger partial charge in [-0.3, -0.25) is 5.43 Å². The first-order valence-electron chi connectivity index (χ1n) is 9.67. The molecule has 0 amide bonds. The molecule has 0 heterocycles. The predicted octanol–water partition coefficient (Wildman–Crippen LogP) is 4.70. The van der Waals surface area contributed by atoms with E-state index in [9.17, 15) is 0 Å². The summed E-state index contributed by atoms with van der Waals surface area (Å²) >= 11 is 5.23. The maximum Gasteiger partial charge on any atom is 0.187 e. The summed E-state index contributed by atoms with van der Waals surface area (Å²) in [6.45, 7) is 1.36. The Bertz CT molecular complexity index is 896. The number of hydrazone groups is 1. The van der Waals surface area contributed by atoms with Crippen LogP contribution in [0.1, 0.15) is 23.1 Å². The van der Waals surface area contributed by atoms with E-state index in [1.165, 1.54) is 11.1 Å². The summed E-state index contributed by atoms with van der Waals surface area (Å²) in [5, 5.41) is 7.78. The van der Waals surface area contributed by atoms with E-state index in [2.05, 4.69) is 40.1 Å². The molecule has 3 aromatic carbocycles. The third kappa shape index (κ3) is 7.76. The number of nitrogens with zero attached hydrogens (tertiary/aromatic N) is 1. The Kier molecular flexibility index (Phi) is 8.23. The number of hydrogen-bond acceptors (Lipinski definition) is 3. The topological polar surface area (TPSA) is 45.7 Å². The van der Waals surface area contributed by atoms with Gasteiger partial charge < -0.3 is 10.1 Å². The maximum absolute atomic E-state index is 5.81. The molecule has 4 nitrogen and oxygen atoms in total. The molecule has 29 heavy (non-hydrogen) atoms. The highest BCUT2D eigenvalue weighted by Crippen LogP contribution is 2.12. The van der Waals surface area contributed by atoms with Crippen LogP contribution >= 0.6 is 12.2 Å². The Balaban J connectivity index is 1.34. The molecule has 0 aliphatic rings. The summed E-state index contributed by atoms with van der Waals surface area (Å²) in [6.07, 6.45) is 3.75. The first kappa shape index (κ1) is 20.6. The van der Waals surface area contributed by atoms with Crippen molar-refractivity contribution in [1.82, 2.24) is 10.7 Å². The van der Waals surface area contributed by atoms with Crippen LogP contribution < -0.4 is 15.5 Å². The second kappa shape index (κ2) is 11.6. The van der Waals surface area contributed by atoms with Crippen molar-refractivity contribution in [1.29, 1.82) is 0 Å². The van der Waals surface area contributed by atoms with Crippen LogP contribution in [0.5, 0.6) is 5.75 Å². The van der Waals surface area contributed by atoms with Crippen molar-refractivity contribution < 1.29 is 4.74 Å². The lowest BCUT2D eigenvalue weighted by Gasteiger charge is -2.07. The Morgan fingerprint density at radius 1 is 0.862 bits per heavy atom. The highest BCUT2D eigenvalue weighted by molar-refractivity contribution is 7.80. The number of rotatable bonds is 9. The number of hydrogen-bond donors (Lipinski definition) is 2. The minimum Gasteiger partial charge on any atom is -0.494 e. The van der Waals surface area contributed by atoms with Gasteiger partial charge in [0.05, 0.1) is 12.8 Å². The number of thiocarbonyl (C=S) groups is 1. The lowest BCUT2D eigenvalue weighted by Crippen LogP contribution is -2.31. The van der Waals surface area contributed by atoms with Gasteiger partial charge in [0.2, 0.25) is 0 Å². The molecule has 3 aromatic rings. The lowest BCUT2D eigenvalue weighted by atomic mass is 10.1.